The summed E-state index contributed by atoms with van der Waals surface area (Å²) in [6.07, 6.45) is 1.38. The lowest BCUT2D eigenvalue weighted by Gasteiger charge is -2.05. The second-order valence-electron chi connectivity index (χ2n) is 3.33. The van der Waals surface area contributed by atoms with Crippen LogP contribution in [0, 0.1) is 0 Å². The zero-order valence-electron chi connectivity index (χ0n) is 8.64. The van der Waals surface area contributed by atoms with Crippen molar-refractivity contribution < 1.29 is 4.79 Å². The predicted octanol–water partition coefficient (Wildman–Crippen LogP) is 3.00. The Bertz CT molecular complexity index is 540. The van der Waals surface area contributed by atoms with Crippen molar-refractivity contribution in [1.29, 1.82) is 0 Å². The first-order chi connectivity index (χ1) is 7.68. The van der Waals surface area contributed by atoms with Crippen molar-refractivity contribution in [3.63, 3.8) is 0 Å². The maximum absolute atomic E-state index is 11.4. The molecule has 2 aromatic rings. The number of halogens is 1. The summed E-state index contributed by atoms with van der Waals surface area (Å²) in [4.78, 5) is 19.4. The van der Waals surface area contributed by atoms with E-state index in [-0.39, 0.29) is 5.78 Å². The fraction of sp³-hybridized carbons (Fsp3) is 0.0833. The van der Waals surface area contributed by atoms with Gasteiger partial charge in [0.2, 0.25) is 0 Å². The molecule has 0 saturated heterocycles. The molecule has 0 amide bonds. The number of hydrogen-bond acceptors (Lipinski definition) is 3. The van der Waals surface area contributed by atoms with Crippen LogP contribution >= 0.6 is 11.6 Å². The third-order valence-electron chi connectivity index (χ3n) is 2.22. The van der Waals surface area contributed by atoms with Gasteiger partial charge in [0.15, 0.2) is 5.78 Å². The Morgan fingerprint density at radius 2 is 2.00 bits per heavy atom. The van der Waals surface area contributed by atoms with Crippen LogP contribution in [0.15, 0.2) is 36.7 Å². The molecule has 2 rings (SSSR count). The fourth-order valence-electron chi connectivity index (χ4n) is 1.49. The molecule has 3 nitrogen and oxygen atoms in total. The molecule has 0 aliphatic heterocycles. The number of ketones is 1. The van der Waals surface area contributed by atoms with Gasteiger partial charge in [0, 0.05) is 17.2 Å². The van der Waals surface area contributed by atoms with Gasteiger partial charge in [0.25, 0.3) is 0 Å². The highest BCUT2D eigenvalue weighted by atomic mass is 35.5. The van der Waals surface area contributed by atoms with Crippen molar-refractivity contribution >= 4 is 17.4 Å². The maximum Gasteiger partial charge on any atom is 0.160 e. The number of Topliss-reactive ketones (excluding diaryl/α,β-unsaturated/α-hetero) is 1. The Labute approximate surface area is 98.1 Å². The molecule has 0 N–H and O–H groups in total. The van der Waals surface area contributed by atoms with E-state index in [1.165, 1.54) is 13.3 Å². The molecule has 0 saturated carbocycles. The van der Waals surface area contributed by atoms with Crippen LogP contribution in [-0.4, -0.2) is 15.8 Å². The van der Waals surface area contributed by atoms with Crippen molar-refractivity contribution in [2.24, 2.45) is 0 Å². The number of benzene rings is 1. The van der Waals surface area contributed by atoms with Crippen LogP contribution in [0.4, 0.5) is 0 Å². The summed E-state index contributed by atoms with van der Waals surface area (Å²) in [7, 11) is 0. The van der Waals surface area contributed by atoms with Gasteiger partial charge < -0.3 is 0 Å². The summed E-state index contributed by atoms with van der Waals surface area (Å²) < 4.78 is 0. The maximum atomic E-state index is 11.4. The number of aromatic nitrogens is 2. The van der Waals surface area contributed by atoms with E-state index < -0.39 is 0 Å². The molecule has 0 unspecified atom stereocenters. The molecule has 0 atom stereocenters. The van der Waals surface area contributed by atoms with Crippen LogP contribution in [-0.2, 0) is 0 Å². The molecule has 0 spiro atoms. The Hall–Kier alpha value is -1.74. The van der Waals surface area contributed by atoms with Crippen LogP contribution in [0.2, 0.25) is 5.15 Å². The van der Waals surface area contributed by atoms with E-state index in [2.05, 4.69) is 9.97 Å². The van der Waals surface area contributed by atoms with Gasteiger partial charge in [-0.15, -0.1) is 0 Å². The van der Waals surface area contributed by atoms with Gasteiger partial charge in [0.1, 0.15) is 11.5 Å². The summed E-state index contributed by atoms with van der Waals surface area (Å²) >= 11 is 5.79. The number of hydrogen-bond donors (Lipinski definition) is 0. The van der Waals surface area contributed by atoms with E-state index in [1.54, 1.807) is 12.1 Å². The molecule has 0 fully saturated rings. The first kappa shape index (κ1) is 10.8. The predicted molar refractivity (Wildman–Crippen MR) is 62.5 cm³/mol. The van der Waals surface area contributed by atoms with Gasteiger partial charge >= 0.3 is 0 Å². The first-order valence-corrected chi connectivity index (χ1v) is 5.14. The van der Waals surface area contributed by atoms with Crippen molar-refractivity contribution in [2.75, 3.05) is 0 Å². The van der Waals surface area contributed by atoms with E-state index in [1.807, 2.05) is 18.2 Å². The first-order valence-electron chi connectivity index (χ1n) is 4.76. The van der Waals surface area contributed by atoms with Crippen LogP contribution in [0.3, 0.4) is 0 Å². The Morgan fingerprint density at radius 3 is 2.69 bits per heavy atom. The molecule has 4 heteroatoms. The zero-order valence-corrected chi connectivity index (χ0v) is 9.40. The second kappa shape index (κ2) is 4.41. The monoisotopic (exact) mass is 232 g/mol. The minimum Gasteiger partial charge on any atom is -0.294 e. The topological polar surface area (TPSA) is 42.9 Å². The smallest absolute Gasteiger partial charge is 0.160 e. The summed E-state index contributed by atoms with van der Waals surface area (Å²) in [5, 5.41) is 0.364. The van der Waals surface area contributed by atoms with Crippen molar-refractivity contribution in [2.45, 2.75) is 6.92 Å². The van der Waals surface area contributed by atoms with Gasteiger partial charge in [-0.2, -0.15) is 0 Å². The minimum absolute atomic E-state index is 0.00494. The molecular formula is C12H9ClN2O. The summed E-state index contributed by atoms with van der Waals surface area (Å²) in [5.41, 5.74) is 2.07. The highest BCUT2D eigenvalue weighted by Crippen LogP contribution is 2.23. The van der Waals surface area contributed by atoms with Crippen molar-refractivity contribution in [3.05, 3.63) is 47.4 Å². The molecular weight excluding hydrogens is 224 g/mol. The summed E-state index contributed by atoms with van der Waals surface area (Å²) in [6.45, 7) is 1.53. The van der Waals surface area contributed by atoms with E-state index in [0.717, 1.165) is 5.56 Å². The Morgan fingerprint density at radius 1 is 1.25 bits per heavy atom. The lowest BCUT2D eigenvalue weighted by atomic mass is 10.0. The van der Waals surface area contributed by atoms with Crippen molar-refractivity contribution in [3.8, 4) is 11.3 Å². The van der Waals surface area contributed by atoms with Crippen LogP contribution in [0.5, 0.6) is 0 Å². The summed E-state index contributed by atoms with van der Waals surface area (Å²) in [5.74, 6) is 0.00494. The van der Waals surface area contributed by atoms with Crippen LogP contribution in [0.25, 0.3) is 11.3 Å². The third kappa shape index (κ3) is 2.09. The number of nitrogens with zero attached hydrogens (tertiary/aromatic N) is 2. The van der Waals surface area contributed by atoms with Gasteiger partial charge in [-0.1, -0.05) is 35.9 Å². The molecule has 80 valence electrons. The van der Waals surface area contributed by atoms with Crippen LogP contribution in [0.1, 0.15) is 17.3 Å². The lowest BCUT2D eigenvalue weighted by molar-refractivity contribution is 0.101. The van der Waals surface area contributed by atoms with E-state index in [0.29, 0.717) is 16.4 Å². The molecule has 1 heterocycles. The molecule has 0 aliphatic rings. The highest BCUT2D eigenvalue weighted by molar-refractivity contribution is 6.29. The van der Waals surface area contributed by atoms with E-state index >= 15 is 0 Å². The normalized spacial score (nSPS) is 10.1. The Kier molecular flexibility index (Phi) is 2.97. The second-order valence-corrected chi connectivity index (χ2v) is 3.71. The van der Waals surface area contributed by atoms with Gasteiger partial charge in [0.05, 0.1) is 5.69 Å². The molecule has 0 radical (unpaired) electrons. The zero-order chi connectivity index (χ0) is 11.5. The lowest BCUT2D eigenvalue weighted by Crippen LogP contribution is -1.97. The standard InChI is InChI=1S/C12H9ClN2O/c1-8(16)9-4-2-3-5-10(9)11-6-12(13)15-7-14-11/h2-7H,1H3. The molecule has 1 aromatic heterocycles. The van der Waals surface area contributed by atoms with Crippen molar-refractivity contribution in [1.82, 2.24) is 9.97 Å². The molecule has 0 bridgehead atoms. The largest absolute Gasteiger partial charge is 0.294 e. The van der Waals surface area contributed by atoms with E-state index in [9.17, 15) is 4.79 Å². The molecule has 0 aliphatic carbocycles. The molecule has 1 aromatic carbocycles. The Balaban J connectivity index is 2.60. The van der Waals surface area contributed by atoms with E-state index in [4.69, 9.17) is 11.6 Å². The fourth-order valence-corrected chi connectivity index (χ4v) is 1.64. The SMILES string of the molecule is CC(=O)c1ccccc1-c1cc(Cl)ncn1. The number of carbonyl (C=O) groups excluding carboxylic acids is 1. The average molecular weight is 233 g/mol. The quantitative estimate of drug-likeness (QED) is 0.591. The van der Waals surface area contributed by atoms with Gasteiger partial charge in [-0.25, -0.2) is 9.97 Å². The van der Waals surface area contributed by atoms with Crippen LogP contribution < -0.4 is 0 Å². The van der Waals surface area contributed by atoms with Gasteiger partial charge in [-0.3, -0.25) is 4.79 Å². The highest BCUT2D eigenvalue weighted by Gasteiger charge is 2.09. The van der Waals surface area contributed by atoms with Gasteiger partial charge in [-0.05, 0) is 6.92 Å². The minimum atomic E-state index is 0.00494. The third-order valence-corrected chi connectivity index (χ3v) is 2.42. The number of carbonyl (C=O) groups is 1. The summed E-state index contributed by atoms with van der Waals surface area (Å²) in [6, 6.07) is 8.94. The molecule has 16 heavy (non-hydrogen) atoms. The number of rotatable bonds is 2. The average Bonchev–Trinajstić information content (AvgIpc) is 2.29.